The number of amides is 2. The lowest BCUT2D eigenvalue weighted by atomic mass is 9.75. The molecule has 1 fully saturated rings. The number of hydrogen-bond donors (Lipinski definition) is 2. The van der Waals surface area contributed by atoms with Crippen molar-refractivity contribution >= 4 is 17.5 Å². The van der Waals surface area contributed by atoms with E-state index in [0.717, 1.165) is 25.1 Å². The van der Waals surface area contributed by atoms with Gasteiger partial charge in [-0.15, -0.1) is 0 Å². The Hall–Kier alpha value is -3.15. The first-order valence-corrected chi connectivity index (χ1v) is 10.7. The van der Waals surface area contributed by atoms with Crippen molar-refractivity contribution in [3.8, 4) is 0 Å². The summed E-state index contributed by atoms with van der Waals surface area (Å²) in [7, 11) is 0. The van der Waals surface area contributed by atoms with E-state index in [4.69, 9.17) is 10.5 Å². The second kappa shape index (κ2) is 8.21. The van der Waals surface area contributed by atoms with Crippen molar-refractivity contribution in [3.63, 3.8) is 0 Å². The van der Waals surface area contributed by atoms with Gasteiger partial charge in [0.1, 0.15) is 17.6 Å². The Balaban J connectivity index is 1.79. The van der Waals surface area contributed by atoms with Crippen LogP contribution in [-0.2, 0) is 21.9 Å². The van der Waals surface area contributed by atoms with E-state index in [1.165, 1.54) is 19.2 Å². The normalized spacial score (nSPS) is 27.5. The molecule has 2 heterocycles. The Morgan fingerprint density at radius 2 is 1.91 bits per heavy atom. The molecule has 6 nitrogen and oxygen atoms in total. The molecule has 0 bridgehead atoms. The molecule has 2 aliphatic rings. The summed E-state index contributed by atoms with van der Waals surface area (Å²) in [5.74, 6) is -9.24. The minimum Gasteiger partial charge on any atom is -0.364 e. The molecule has 0 spiro atoms. The van der Waals surface area contributed by atoms with E-state index < -0.39 is 65.3 Å². The van der Waals surface area contributed by atoms with Crippen LogP contribution in [0.1, 0.15) is 53.4 Å². The van der Waals surface area contributed by atoms with E-state index in [9.17, 15) is 35.9 Å². The fourth-order valence-corrected chi connectivity index (χ4v) is 4.90. The van der Waals surface area contributed by atoms with Crippen molar-refractivity contribution in [2.45, 2.75) is 56.4 Å². The Labute approximate surface area is 195 Å². The van der Waals surface area contributed by atoms with Crippen LogP contribution in [0.2, 0.25) is 0 Å². The average molecular weight is 501 g/mol. The fraction of sp³-hybridized carbons (Fsp3) is 0.435. The Bertz CT molecular complexity index is 1200. The highest BCUT2D eigenvalue weighted by Crippen LogP contribution is 2.55. The summed E-state index contributed by atoms with van der Waals surface area (Å²) in [6, 6.07) is 4.34. The van der Waals surface area contributed by atoms with Crippen LogP contribution in [0.3, 0.4) is 0 Å². The quantitative estimate of drug-likeness (QED) is 0.606. The maximum absolute atomic E-state index is 14.4. The third kappa shape index (κ3) is 4.03. The SMILES string of the molecule is C[C@@H]1[C@@H](c2ccc(F)c3c2CCC3(F)F)[C@H](C(=O)Nc2ccnc(C(N)=O)c2)O[C@]1(C)C(F)(F)F. The van der Waals surface area contributed by atoms with Crippen molar-refractivity contribution in [1.82, 2.24) is 4.98 Å². The van der Waals surface area contributed by atoms with Gasteiger partial charge in [-0.3, -0.25) is 14.6 Å². The monoisotopic (exact) mass is 501 g/mol. The summed E-state index contributed by atoms with van der Waals surface area (Å²) in [6.07, 6.45) is -6.45. The largest absolute Gasteiger partial charge is 0.417 e. The molecule has 2 amide bonds. The van der Waals surface area contributed by atoms with Gasteiger partial charge < -0.3 is 15.8 Å². The average Bonchev–Trinajstić information content (AvgIpc) is 3.23. The third-order valence-corrected chi connectivity index (χ3v) is 6.92. The van der Waals surface area contributed by atoms with Gasteiger partial charge in [0.25, 0.3) is 17.7 Å². The number of benzene rings is 1. The zero-order valence-corrected chi connectivity index (χ0v) is 18.6. The topological polar surface area (TPSA) is 94.3 Å². The molecule has 35 heavy (non-hydrogen) atoms. The molecule has 0 radical (unpaired) electrons. The number of ether oxygens (including phenoxy) is 1. The zero-order valence-electron chi connectivity index (χ0n) is 18.6. The predicted molar refractivity (Wildman–Crippen MR) is 111 cm³/mol. The number of fused-ring (bicyclic) bond motifs is 1. The van der Waals surface area contributed by atoms with Crippen LogP contribution in [0.15, 0.2) is 30.5 Å². The number of hydrogen-bond acceptors (Lipinski definition) is 4. The molecule has 0 saturated carbocycles. The maximum Gasteiger partial charge on any atom is 0.417 e. The lowest BCUT2D eigenvalue weighted by Gasteiger charge is -2.32. The van der Waals surface area contributed by atoms with Crippen molar-refractivity contribution < 1.29 is 40.7 Å². The van der Waals surface area contributed by atoms with Crippen molar-refractivity contribution in [3.05, 3.63) is 58.7 Å². The summed E-state index contributed by atoms with van der Waals surface area (Å²) < 4.78 is 90.6. The summed E-state index contributed by atoms with van der Waals surface area (Å²) in [6.45, 7) is 2.00. The molecule has 1 aromatic carbocycles. The predicted octanol–water partition coefficient (Wildman–Crippen LogP) is 4.44. The number of carbonyl (C=O) groups is 2. The van der Waals surface area contributed by atoms with Gasteiger partial charge in [0.15, 0.2) is 5.60 Å². The highest BCUT2D eigenvalue weighted by atomic mass is 19.4. The lowest BCUT2D eigenvalue weighted by Crippen LogP contribution is -2.47. The van der Waals surface area contributed by atoms with Crippen LogP contribution in [-0.4, -0.2) is 34.7 Å². The van der Waals surface area contributed by atoms with Crippen LogP contribution < -0.4 is 11.1 Å². The second-order valence-corrected chi connectivity index (χ2v) is 8.94. The number of nitrogens with two attached hydrogens (primary N) is 1. The van der Waals surface area contributed by atoms with Gasteiger partial charge >= 0.3 is 6.18 Å². The van der Waals surface area contributed by atoms with Crippen LogP contribution >= 0.6 is 0 Å². The van der Waals surface area contributed by atoms with E-state index in [2.05, 4.69) is 10.3 Å². The highest BCUT2D eigenvalue weighted by Gasteiger charge is 2.66. The minimum absolute atomic E-state index is 0.00625. The van der Waals surface area contributed by atoms with Crippen LogP contribution in [0, 0.1) is 11.7 Å². The number of primary amides is 1. The van der Waals surface area contributed by atoms with Crippen molar-refractivity contribution in [1.29, 1.82) is 0 Å². The van der Waals surface area contributed by atoms with E-state index in [1.54, 1.807) is 0 Å². The molecule has 0 unspecified atom stereocenters. The molecule has 188 valence electrons. The number of nitrogens with one attached hydrogen (secondary N) is 1. The van der Waals surface area contributed by atoms with Gasteiger partial charge in [0, 0.05) is 30.1 Å². The Kier molecular flexibility index (Phi) is 5.86. The summed E-state index contributed by atoms with van der Waals surface area (Å²) in [4.78, 5) is 28.3. The van der Waals surface area contributed by atoms with E-state index in [1.807, 2.05) is 0 Å². The zero-order chi connectivity index (χ0) is 25.9. The molecular formula is C23H21F6N3O3. The second-order valence-electron chi connectivity index (χ2n) is 8.94. The number of nitrogens with zero attached hydrogens (tertiary/aromatic N) is 1. The molecule has 1 aromatic heterocycles. The number of rotatable bonds is 4. The molecule has 4 rings (SSSR count). The first-order chi connectivity index (χ1) is 16.2. The van der Waals surface area contributed by atoms with Crippen molar-refractivity contribution in [2.24, 2.45) is 11.7 Å². The Morgan fingerprint density at radius 3 is 2.54 bits per heavy atom. The van der Waals surface area contributed by atoms with Gasteiger partial charge in [-0.25, -0.2) is 13.2 Å². The molecule has 4 atom stereocenters. The van der Waals surface area contributed by atoms with Gasteiger partial charge in [0.05, 0.1) is 5.56 Å². The number of anilines is 1. The fourth-order valence-electron chi connectivity index (χ4n) is 4.90. The van der Waals surface area contributed by atoms with Crippen LogP contribution in [0.4, 0.5) is 32.0 Å². The van der Waals surface area contributed by atoms with Gasteiger partial charge in [-0.2, -0.15) is 13.2 Å². The molecule has 1 saturated heterocycles. The van der Waals surface area contributed by atoms with Crippen LogP contribution in [0.25, 0.3) is 0 Å². The van der Waals surface area contributed by atoms with Gasteiger partial charge in [-0.1, -0.05) is 13.0 Å². The highest BCUT2D eigenvalue weighted by molar-refractivity contribution is 5.97. The number of alkyl halides is 5. The standard InChI is InChI=1S/C23H21F6N3O3/c1-10-16(12-3-4-14(24)17-13(12)5-7-22(17,25)26)18(35-21(10,2)23(27,28)29)20(34)32-11-6-8-31-15(9-11)19(30)33/h3-4,6,8-10,16,18H,5,7H2,1-2H3,(H2,30,33)(H,31,32,34)/t10-,16+,18-,21+/m1/s1. The number of carbonyl (C=O) groups excluding carboxylic acids is 2. The summed E-state index contributed by atoms with van der Waals surface area (Å²) in [5.41, 5.74) is 1.23. The molecule has 3 N–H and O–H groups in total. The van der Waals surface area contributed by atoms with E-state index >= 15 is 0 Å². The maximum atomic E-state index is 14.4. The lowest BCUT2D eigenvalue weighted by molar-refractivity contribution is -0.272. The van der Waals surface area contributed by atoms with Crippen molar-refractivity contribution in [2.75, 3.05) is 5.32 Å². The molecule has 1 aliphatic heterocycles. The number of aromatic nitrogens is 1. The molecule has 12 heteroatoms. The van der Waals surface area contributed by atoms with Gasteiger partial charge in [0.2, 0.25) is 0 Å². The van der Waals surface area contributed by atoms with Gasteiger partial charge in [-0.05, 0) is 42.7 Å². The summed E-state index contributed by atoms with van der Waals surface area (Å²) in [5, 5.41) is 2.38. The first kappa shape index (κ1) is 25.0. The third-order valence-electron chi connectivity index (χ3n) is 6.92. The van der Waals surface area contributed by atoms with Crippen LogP contribution in [0.5, 0.6) is 0 Å². The molecule has 1 aliphatic carbocycles. The first-order valence-electron chi connectivity index (χ1n) is 10.7. The smallest absolute Gasteiger partial charge is 0.364 e. The minimum atomic E-state index is -4.90. The van der Waals surface area contributed by atoms with E-state index in [0.29, 0.717) is 0 Å². The Morgan fingerprint density at radius 1 is 1.23 bits per heavy atom. The molecule has 2 aromatic rings. The molecular weight excluding hydrogens is 480 g/mol. The van der Waals surface area contributed by atoms with E-state index in [-0.39, 0.29) is 28.9 Å². The summed E-state index contributed by atoms with van der Waals surface area (Å²) >= 11 is 0. The number of halogens is 6. The number of pyridine rings is 1.